The van der Waals surface area contributed by atoms with Crippen LogP contribution < -0.4 is 10.6 Å². The topological polar surface area (TPSA) is 116 Å². The van der Waals surface area contributed by atoms with Gasteiger partial charge < -0.3 is 10.6 Å². The lowest BCUT2D eigenvalue weighted by Gasteiger charge is -2.30. The summed E-state index contributed by atoms with van der Waals surface area (Å²) in [6.45, 7) is 0. The predicted molar refractivity (Wildman–Crippen MR) is 159 cm³/mol. The molecule has 0 fully saturated rings. The minimum atomic E-state index is -0.439. The summed E-state index contributed by atoms with van der Waals surface area (Å²) in [6.07, 6.45) is 0. The van der Waals surface area contributed by atoms with Crippen molar-refractivity contribution in [2.24, 2.45) is 0 Å². The van der Waals surface area contributed by atoms with E-state index < -0.39 is 9.85 Å². The third kappa shape index (κ3) is 4.23. The van der Waals surface area contributed by atoms with Gasteiger partial charge in [-0.25, -0.2) is 0 Å². The van der Waals surface area contributed by atoms with Crippen LogP contribution in [-0.4, -0.2) is 9.85 Å². The molecule has 6 aromatic carbocycles. The maximum Gasteiger partial charge on any atom is 0.269 e. The Labute approximate surface area is 228 Å². The quantitative estimate of drug-likeness (QED) is 0.101. The van der Waals surface area contributed by atoms with Crippen molar-refractivity contribution in [3.05, 3.63) is 142 Å². The highest BCUT2D eigenvalue weighted by Crippen LogP contribution is 2.49. The maximum atomic E-state index is 11.4. The summed E-state index contributed by atoms with van der Waals surface area (Å²) in [4.78, 5) is 24.0. The van der Waals surface area contributed by atoms with Crippen LogP contribution in [-0.2, 0) is 0 Å². The molecule has 6 aromatic rings. The first-order valence-electron chi connectivity index (χ1n) is 12.5. The molecule has 0 bridgehead atoms. The largest absolute Gasteiger partial charge is 0.399 e. The van der Waals surface area contributed by atoms with Crippen LogP contribution in [0.2, 0.25) is 0 Å². The molecule has 6 rings (SSSR count). The number of rotatable bonds is 6. The number of nitro groups is 2. The minimum absolute atomic E-state index is 0.0328. The Morgan fingerprint density at radius 2 is 0.950 bits per heavy atom. The van der Waals surface area contributed by atoms with Gasteiger partial charge in [-0.15, -0.1) is 0 Å². The summed E-state index contributed by atoms with van der Waals surface area (Å²) in [5, 5.41) is 26.9. The Balaban J connectivity index is 1.75. The molecule has 0 atom stereocenters. The van der Waals surface area contributed by atoms with Gasteiger partial charge in [0.05, 0.1) is 15.5 Å². The molecule has 0 aliphatic rings. The Kier molecular flexibility index (Phi) is 6.05. The second-order valence-corrected chi connectivity index (χ2v) is 9.32. The monoisotopic (exact) mass is 526 g/mol. The van der Waals surface area contributed by atoms with Gasteiger partial charge in [-0.2, -0.15) is 0 Å². The van der Waals surface area contributed by atoms with Crippen LogP contribution in [0, 0.1) is 20.2 Å². The van der Waals surface area contributed by atoms with Gasteiger partial charge in [0.1, 0.15) is 0 Å². The van der Waals surface area contributed by atoms with E-state index >= 15 is 0 Å². The Bertz CT molecular complexity index is 1840. The zero-order valence-electron chi connectivity index (χ0n) is 21.1. The zero-order chi connectivity index (χ0) is 27.8. The van der Waals surface area contributed by atoms with Crippen molar-refractivity contribution in [3.63, 3.8) is 0 Å². The molecule has 0 aliphatic carbocycles. The van der Waals surface area contributed by atoms with Crippen LogP contribution >= 0.6 is 0 Å². The van der Waals surface area contributed by atoms with Crippen molar-refractivity contribution in [2.45, 2.75) is 0 Å². The van der Waals surface area contributed by atoms with Gasteiger partial charge in [0.15, 0.2) is 0 Å². The van der Waals surface area contributed by atoms with Crippen molar-refractivity contribution in [1.29, 1.82) is 0 Å². The molecule has 0 spiro atoms. The Morgan fingerprint density at radius 1 is 0.525 bits per heavy atom. The van der Waals surface area contributed by atoms with Gasteiger partial charge >= 0.3 is 0 Å². The molecule has 0 saturated carbocycles. The van der Waals surface area contributed by atoms with E-state index in [9.17, 15) is 20.2 Å². The fourth-order valence-corrected chi connectivity index (χ4v) is 5.15. The molecule has 0 aromatic heterocycles. The molecule has 0 radical (unpaired) electrons. The van der Waals surface area contributed by atoms with Crippen LogP contribution in [0.15, 0.2) is 121 Å². The van der Waals surface area contributed by atoms with E-state index in [1.54, 1.807) is 24.3 Å². The highest BCUT2D eigenvalue weighted by molar-refractivity contribution is 6.22. The van der Waals surface area contributed by atoms with Gasteiger partial charge in [-0.05, 0) is 58.1 Å². The van der Waals surface area contributed by atoms with Crippen molar-refractivity contribution in [3.8, 4) is 11.1 Å². The van der Waals surface area contributed by atoms with E-state index in [1.807, 2.05) is 59.5 Å². The summed E-state index contributed by atoms with van der Waals surface area (Å²) in [6, 6.07) is 36.5. The molecule has 0 saturated heterocycles. The third-order valence-corrected chi connectivity index (χ3v) is 6.97. The molecule has 0 aliphatic heterocycles. The SMILES string of the molecule is Nc1ccc(-c2c(N(c3ccc([N+](=O)[O-])cc3)c3ccc([N+](=O)[O-])cc3)c3ccccc3c3ccccc23)cc1. The van der Waals surface area contributed by atoms with Gasteiger partial charge in [-0.3, -0.25) is 20.2 Å². The standard InChI is InChI=1S/C32H22N4O4/c33-22-11-9-21(10-12-22)31-29-7-3-1-5-27(29)28-6-2-4-8-30(28)32(31)34(23-13-17-25(18-14-23)35(37)38)24-15-19-26(20-16-24)36(39)40/h1-20H,33H2. The zero-order valence-corrected chi connectivity index (χ0v) is 21.1. The van der Waals surface area contributed by atoms with Gasteiger partial charge in [0.25, 0.3) is 11.4 Å². The predicted octanol–water partition coefficient (Wildman–Crippen LogP) is 8.53. The molecule has 0 amide bonds. The van der Waals surface area contributed by atoms with Crippen LogP contribution in [0.3, 0.4) is 0 Å². The lowest BCUT2D eigenvalue weighted by Crippen LogP contribution is -2.12. The molecule has 8 nitrogen and oxygen atoms in total. The first-order valence-corrected chi connectivity index (χ1v) is 12.5. The number of nitrogens with zero attached hydrogens (tertiary/aromatic N) is 3. The highest BCUT2D eigenvalue weighted by Gasteiger charge is 2.24. The number of anilines is 4. The summed E-state index contributed by atoms with van der Waals surface area (Å²) in [5.41, 5.74) is 10.6. The van der Waals surface area contributed by atoms with Gasteiger partial charge in [0.2, 0.25) is 0 Å². The normalized spacial score (nSPS) is 11.0. The van der Waals surface area contributed by atoms with Crippen LogP contribution in [0.4, 0.5) is 34.1 Å². The van der Waals surface area contributed by atoms with Crippen molar-refractivity contribution >= 4 is 55.7 Å². The maximum absolute atomic E-state index is 11.4. The van der Waals surface area contributed by atoms with Crippen molar-refractivity contribution in [1.82, 2.24) is 0 Å². The number of nitrogen functional groups attached to an aromatic ring is 1. The second kappa shape index (κ2) is 9.85. The minimum Gasteiger partial charge on any atom is -0.399 e. The summed E-state index contributed by atoms with van der Waals surface area (Å²) < 4.78 is 0. The number of nitrogens with two attached hydrogens (primary N) is 1. The average molecular weight is 527 g/mol. The fraction of sp³-hybridized carbons (Fsp3) is 0. The lowest BCUT2D eigenvalue weighted by molar-refractivity contribution is -0.385. The van der Waals surface area contributed by atoms with Crippen LogP contribution in [0.25, 0.3) is 32.7 Å². The lowest BCUT2D eigenvalue weighted by atomic mass is 9.90. The van der Waals surface area contributed by atoms with Crippen LogP contribution in [0.1, 0.15) is 0 Å². The number of non-ortho nitro benzene ring substituents is 2. The first kappa shape index (κ1) is 24.6. The van der Waals surface area contributed by atoms with E-state index in [1.165, 1.54) is 24.3 Å². The third-order valence-electron chi connectivity index (χ3n) is 6.97. The Morgan fingerprint density at radius 3 is 1.43 bits per heavy atom. The molecule has 0 heterocycles. The number of nitro benzene ring substituents is 2. The fourth-order valence-electron chi connectivity index (χ4n) is 5.15. The van der Waals surface area contributed by atoms with E-state index in [0.717, 1.165) is 38.4 Å². The number of benzene rings is 6. The molecule has 2 N–H and O–H groups in total. The number of fused-ring (bicyclic) bond motifs is 3. The second-order valence-electron chi connectivity index (χ2n) is 9.32. The summed E-state index contributed by atoms with van der Waals surface area (Å²) in [5.74, 6) is 0. The summed E-state index contributed by atoms with van der Waals surface area (Å²) >= 11 is 0. The number of hydrogen-bond donors (Lipinski definition) is 1. The van der Waals surface area contributed by atoms with Crippen LogP contribution in [0.5, 0.6) is 0 Å². The smallest absolute Gasteiger partial charge is 0.269 e. The average Bonchev–Trinajstić information content (AvgIpc) is 2.98. The molecular formula is C32H22N4O4. The van der Waals surface area contributed by atoms with Crippen molar-refractivity contribution in [2.75, 3.05) is 10.6 Å². The van der Waals surface area contributed by atoms with E-state index in [2.05, 4.69) is 18.2 Å². The molecule has 0 unspecified atom stereocenters. The molecule has 8 heteroatoms. The summed E-state index contributed by atoms with van der Waals surface area (Å²) in [7, 11) is 0. The number of hydrogen-bond acceptors (Lipinski definition) is 6. The van der Waals surface area contributed by atoms with E-state index in [-0.39, 0.29) is 11.4 Å². The highest BCUT2D eigenvalue weighted by atomic mass is 16.6. The molecular weight excluding hydrogens is 504 g/mol. The Hall–Kier alpha value is -5.76. The molecule has 194 valence electrons. The molecule has 40 heavy (non-hydrogen) atoms. The van der Waals surface area contributed by atoms with Gasteiger partial charge in [-0.1, -0.05) is 60.7 Å². The van der Waals surface area contributed by atoms with E-state index in [4.69, 9.17) is 5.73 Å². The van der Waals surface area contributed by atoms with E-state index in [0.29, 0.717) is 17.1 Å². The first-order chi connectivity index (χ1) is 19.4. The van der Waals surface area contributed by atoms with Gasteiger partial charge in [0, 0.05) is 52.3 Å². The van der Waals surface area contributed by atoms with Crippen molar-refractivity contribution < 1.29 is 9.85 Å².